The summed E-state index contributed by atoms with van der Waals surface area (Å²) in [6.45, 7) is 2.66. The number of ether oxygens (including phenoxy) is 1. The van der Waals surface area contributed by atoms with Gasteiger partial charge >= 0.3 is 0 Å². The highest BCUT2D eigenvalue weighted by atomic mass is 16.5. The number of aromatic amines is 1. The molecule has 0 saturated heterocycles. The van der Waals surface area contributed by atoms with Gasteiger partial charge in [0.25, 0.3) is 0 Å². The van der Waals surface area contributed by atoms with Crippen molar-refractivity contribution in [3.05, 3.63) is 90.6 Å². The van der Waals surface area contributed by atoms with Crippen molar-refractivity contribution in [2.24, 2.45) is 0 Å². The molecule has 2 N–H and O–H groups in total. The average molecular weight is 398 g/mol. The van der Waals surface area contributed by atoms with Crippen LogP contribution in [0.1, 0.15) is 12.0 Å². The summed E-state index contributed by atoms with van der Waals surface area (Å²) in [6.07, 6.45) is 4.44. The standard InChI is InChI=1S/C26H27N3O/c1-2-10-21(11-3-1)29-19-22(30-26-15-7-6-14-25(26)29)18-27-16-8-9-20-17-28-24-13-5-4-12-23(20)24/h1-7,10-15,17,22,27-28H,8-9,16,18-19H2. The Bertz CT molecular complexity index is 1110. The third kappa shape index (κ3) is 3.91. The molecule has 4 aromatic rings. The number of aryl methyl sites for hydroxylation is 1. The number of para-hydroxylation sites is 4. The summed E-state index contributed by atoms with van der Waals surface area (Å²) in [5, 5.41) is 4.94. The van der Waals surface area contributed by atoms with Crippen molar-refractivity contribution in [2.45, 2.75) is 18.9 Å². The molecule has 1 atom stereocenters. The predicted molar refractivity (Wildman–Crippen MR) is 124 cm³/mol. The largest absolute Gasteiger partial charge is 0.485 e. The summed E-state index contributed by atoms with van der Waals surface area (Å²) in [4.78, 5) is 5.72. The molecule has 0 saturated carbocycles. The number of nitrogens with zero attached hydrogens (tertiary/aromatic N) is 1. The number of nitrogens with one attached hydrogen (secondary N) is 2. The van der Waals surface area contributed by atoms with Gasteiger partial charge in [0.1, 0.15) is 11.9 Å². The van der Waals surface area contributed by atoms with E-state index in [4.69, 9.17) is 4.74 Å². The van der Waals surface area contributed by atoms with Crippen molar-refractivity contribution in [3.63, 3.8) is 0 Å². The Morgan fingerprint density at radius 1 is 0.933 bits per heavy atom. The van der Waals surface area contributed by atoms with Crippen LogP contribution >= 0.6 is 0 Å². The molecule has 0 fully saturated rings. The molecule has 0 bridgehead atoms. The number of anilines is 2. The summed E-state index contributed by atoms with van der Waals surface area (Å²) in [5.74, 6) is 0.957. The van der Waals surface area contributed by atoms with Gasteiger partial charge in [0.15, 0.2) is 0 Å². The SMILES string of the molecule is c1ccc(N2CC(CNCCCc3c[nH]c4ccccc34)Oc3ccccc32)cc1. The fourth-order valence-electron chi connectivity index (χ4n) is 4.26. The lowest BCUT2D eigenvalue weighted by Gasteiger charge is -2.36. The van der Waals surface area contributed by atoms with E-state index in [0.717, 1.165) is 43.9 Å². The quantitative estimate of drug-likeness (QED) is 0.416. The molecule has 0 spiro atoms. The van der Waals surface area contributed by atoms with Crippen LogP contribution in [0.4, 0.5) is 11.4 Å². The molecule has 4 heteroatoms. The maximum Gasteiger partial charge on any atom is 0.143 e. The van der Waals surface area contributed by atoms with Gasteiger partial charge in [-0.2, -0.15) is 0 Å². The number of aromatic nitrogens is 1. The summed E-state index contributed by atoms with van der Waals surface area (Å²) in [5.41, 5.74) is 4.96. The van der Waals surface area contributed by atoms with E-state index in [0.29, 0.717) is 0 Å². The maximum absolute atomic E-state index is 6.28. The fourth-order valence-corrected chi connectivity index (χ4v) is 4.26. The first kappa shape index (κ1) is 18.8. The van der Waals surface area contributed by atoms with E-state index in [-0.39, 0.29) is 6.10 Å². The molecule has 1 aliphatic heterocycles. The molecule has 2 heterocycles. The lowest BCUT2D eigenvalue weighted by molar-refractivity contribution is 0.194. The molecule has 4 nitrogen and oxygen atoms in total. The third-order valence-electron chi connectivity index (χ3n) is 5.75. The van der Waals surface area contributed by atoms with Gasteiger partial charge in [-0.1, -0.05) is 48.5 Å². The molecule has 152 valence electrons. The van der Waals surface area contributed by atoms with E-state index in [2.05, 4.69) is 94.2 Å². The maximum atomic E-state index is 6.28. The van der Waals surface area contributed by atoms with Crippen LogP contribution in [-0.4, -0.2) is 30.7 Å². The highest BCUT2D eigenvalue weighted by Crippen LogP contribution is 2.37. The molecule has 3 aromatic carbocycles. The van der Waals surface area contributed by atoms with Crippen LogP contribution in [0.25, 0.3) is 10.9 Å². The first-order chi connectivity index (χ1) is 14.9. The molecular formula is C26H27N3O. The highest BCUT2D eigenvalue weighted by Gasteiger charge is 2.26. The minimum atomic E-state index is 0.119. The molecule has 0 radical (unpaired) electrons. The van der Waals surface area contributed by atoms with Crippen molar-refractivity contribution in [2.75, 3.05) is 24.5 Å². The first-order valence-corrected chi connectivity index (χ1v) is 10.7. The lowest BCUT2D eigenvalue weighted by atomic mass is 10.1. The van der Waals surface area contributed by atoms with Gasteiger partial charge in [0.2, 0.25) is 0 Å². The summed E-state index contributed by atoms with van der Waals surface area (Å²) in [7, 11) is 0. The van der Waals surface area contributed by atoms with Gasteiger partial charge < -0.3 is 19.9 Å². The zero-order valence-corrected chi connectivity index (χ0v) is 17.1. The number of hydrogen-bond acceptors (Lipinski definition) is 3. The molecule has 1 unspecified atom stereocenters. The van der Waals surface area contributed by atoms with Crippen LogP contribution in [0, 0.1) is 0 Å². The molecule has 1 aromatic heterocycles. The Balaban J connectivity index is 1.18. The molecular weight excluding hydrogens is 370 g/mol. The fraction of sp³-hybridized carbons (Fsp3) is 0.231. The predicted octanol–water partition coefficient (Wildman–Crippen LogP) is 5.29. The second-order valence-electron chi connectivity index (χ2n) is 7.82. The average Bonchev–Trinajstić information content (AvgIpc) is 3.22. The van der Waals surface area contributed by atoms with Crippen LogP contribution in [0.15, 0.2) is 85.1 Å². The molecule has 0 amide bonds. The summed E-state index contributed by atoms with van der Waals surface area (Å²) in [6, 6.07) is 27.4. The number of fused-ring (bicyclic) bond motifs is 2. The van der Waals surface area contributed by atoms with E-state index in [1.165, 1.54) is 22.2 Å². The second kappa shape index (κ2) is 8.64. The Kier molecular flexibility index (Phi) is 5.40. The number of rotatable bonds is 7. The molecule has 1 aliphatic rings. The first-order valence-electron chi connectivity index (χ1n) is 10.7. The Labute approximate surface area is 177 Å². The van der Waals surface area contributed by atoms with E-state index in [1.54, 1.807) is 0 Å². The van der Waals surface area contributed by atoms with E-state index in [1.807, 2.05) is 6.07 Å². The van der Waals surface area contributed by atoms with Gasteiger partial charge in [-0.3, -0.25) is 0 Å². The van der Waals surface area contributed by atoms with Crippen molar-refractivity contribution < 1.29 is 4.74 Å². The van der Waals surface area contributed by atoms with Crippen LogP contribution < -0.4 is 15.0 Å². The second-order valence-corrected chi connectivity index (χ2v) is 7.82. The van der Waals surface area contributed by atoms with Crippen LogP contribution in [0.2, 0.25) is 0 Å². The topological polar surface area (TPSA) is 40.3 Å². The number of H-pyrrole nitrogens is 1. The highest BCUT2D eigenvalue weighted by molar-refractivity contribution is 5.83. The Morgan fingerprint density at radius 2 is 1.73 bits per heavy atom. The molecule has 30 heavy (non-hydrogen) atoms. The summed E-state index contributed by atoms with van der Waals surface area (Å²) >= 11 is 0. The van der Waals surface area contributed by atoms with Crippen LogP contribution in [-0.2, 0) is 6.42 Å². The third-order valence-corrected chi connectivity index (χ3v) is 5.75. The van der Waals surface area contributed by atoms with Crippen molar-refractivity contribution in [1.29, 1.82) is 0 Å². The van der Waals surface area contributed by atoms with Crippen LogP contribution in [0.3, 0.4) is 0 Å². The molecule has 5 rings (SSSR count). The smallest absolute Gasteiger partial charge is 0.143 e. The number of benzene rings is 3. The van der Waals surface area contributed by atoms with Crippen LogP contribution in [0.5, 0.6) is 5.75 Å². The van der Waals surface area contributed by atoms with Crippen molar-refractivity contribution in [3.8, 4) is 5.75 Å². The van der Waals surface area contributed by atoms with Gasteiger partial charge in [0.05, 0.1) is 12.2 Å². The lowest BCUT2D eigenvalue weighted by Crippen LogP contribution is -2.43. The Morgan fingerprint density at radius 3 is 2.67 bits per heavy atom. The zero-order valence-electron chi connectivity index (χ0n) is 17.1. The Hall–Kier alpha value is -3.24. The van der Waals surface area contributed by atoms with Crippen molar-refractivity contribution >= 4 is 22.3 Å². The minimum Gasteiger partial charge on any atom is -0.485 e. The van der Waals surface area contributed by atoms with Crippen molar-refractivity contribution in [1.82, 2.24) is 10.3 Å². The monoisotopic (exact) mass is 397 g/mol. The van der Waals surface area contributed by atoms with E-state index in [9.17, 15) is 0 Å². The van der Waals surface area contributed by atoms with E-state index < -0.39 is 0 Å². The van der Waals surface area contributed by atoms with Gasteiger partial charge in [-0.05, 0) is 55.3 Å². The minimum absolute atomic E-state index is 0.119. The van der Waals surface area contributed by atoms with Gasteiger partial charge in [0, 0.05) is 29.3 Å². The zero-order chi connectivity index (χ0) is 20.2. The number of hydrogen-bond donors (Lipinski definition) is 2. The van der Waals surface area contributed by atoms with Gasteiger partial charge in [-0.15, -0.1) is 0 Å². The molecule has 0 aliphatic carbocycles. The normalized spacial score (nSPS) is 15.7. The van der Waals surface area contributed by atoms with Gasteiger partial charge in [-0.25, -0.2) is 0 Å². The van der Waals surface area contributed by atoms with E-state index >= 15 is 0 Å². The summed E-state index contributed by atoms with van der Waals surface area (Å²) < 4.78 is 6.28.